The van der Waals surface area contributed by atoms with Crippen molar-refractivity contribution in [1.29, 1.82) is 0 Å². The van der Waals surface area contributed by atoms with Crippen molar-refractivity contribution in [3.8, 4) is 0 Å². The van der Waals surface area contributed by atoms with Crippen LogP contribution in [0.15, 0.2) is 0 Å². The van der Waals surface area contributed by atoms with Gasteiger partial charge in [0.05, 0.1) is 6.04 Å². The second-order valence-electron chi connectivity index (χ2n) is 4.64. The van der Waals surface area contributed by atoms with Crippen LogP contribution in [0.3, 0.4) is 0 Å². The van der Waals surface area contributed by atoms with Crippen molar-refractivity contribution in [3.05, 3.63) is 0 Å². The Labute approximate surface area is 88.2 Å². The Morgan fingerprint density at radius 1 is 1.14 bits per heavy atom. The van der Waals surface area contributed by atoms with Crippen LogP contribution in [0.1, 0.15) is 34.1 Å². The first kappa shape index (κ1) is 13.9. The van der Waals surface area contributed by atoms with Gasteiger partial charge < -0.3 is 14.8 Å². The van der Waals surface area contributed by atoms with Crippen molar-refractivity contribution in [2.45, 2.75) is 46.4 Å². The number of nitrogens with one attached hydrogen (secondary N) is 1. The third kappa shape index (κ3) is 4.40. The number of hydrogen-bond acceptors (Lipinski definition) is 3. The van der Waals surface area contributed by atoms with Crippen molar-refractivity contribution in [2.24, 2.45) is 5.41 Å². The fourth-order valence-electron chi connectivity index (χ4n) is 1.48. The largest absolute Gasteiger partial charge is 0.354 e. The summed E-state index contributed by atoms with van der Waals surface area (Å²) in [6.45, 7) is 9.70. The maximum atomic E-state index is 5.30. The van der Waals surface area contributed by atoms with Crippen LogP contribution < -0.4 is 5.32 Å². The number of hydrogen-bond donors (Lipinski definition) is 1. The maximum absolute atomic E-state index is 5.30. The van der Waals surface area contributed by atoms with Gasteiger partial charge in [0, 0.05) is 14.2 Å². The van der Waals surface area contributed by atoms with E-state index in [2.05, 4.69) is 33.0 Å². The van der Waals surface area contributed by atoms with Gasteiger partial charge in [-0.05, 0) is 18.4 Å². The molecule has 0 spiro atoms. The normalized spacial score (nSPS) is 14.8. The molecular formula is C11H25NO2. The van der Waals surface area contributed by atoms with Gasteiger partial charge in [-0.2, -0.15) is 0 Å². The summed E-state index contributed by atoms with van der Waals surface area (Å²) >= 11 is 0. The molecule has 3 heteroatoms. The predicted molar refractivity (Wildman–Crippen MR) is 59.3 cm³/mol. The van der Waals surface area contributed by atoms with E-state index in [1.54, 1.807) is 14.2 Å². The molecule has 0 aromatic heterocycles. The van der Waals surface area contributed by atoms with Gasteiger partial charge in [-0.25, -0.2) is 0 Å². The van der Waals surface area contributed by atoms with E-state index >= 15 is 0 Å². The van der Waals surface area contributed by atoms with Crippen molar-refractivity contribution >= 4 is 0 Å². The third-order valence-electron chi connectivity index (χ3n) is 2.28. The van der Waals surface area contributed by atoms with Crippen molar-refractivity contribution in [1.82, 2.24) is 5.32 Å². The number of rotatable bonds is 6. The van der Waals surface area contributed by atoms with Gasteiger partial charge >= 0.3 is 0 Å². The molecule has 1 N–H and O–H groups in total. The molecule has 1 unspecified atom stereocenters. The summed E-state index contributed by atoms with van der Waals surface area (Å²) in [5, 5.41) is 3.46. The van der Waals surface area contributed by atoms with E-state index in [0.717, 1.165) is 13.0 Å². The fourth-order valence-corrected chi connectivity index (χ4v) is 1.48. The summed E-state index contributed by atoms with van der Waals surface area (Å²) in [7, 11) is 3.36. The molecule has 0 fully saturated rings. The number of ether oxygens (including phenoxy) is 2. The van der Waals surface area contributed by atoms with Gasteiger partial charge in [0.15, 0.2) is 6.29 Å². The lowest BCUT2D eigenvalue weighted by atomic mass is 9.86. The summed E-state index contributed by atoms with van der Waals surface area (Å²) in [4.78, 5) is 0. The monoisotopic (exact) mass is 203 g/mol. The Bertz CT molecular complexity index is 139. The molecular weight excluding hydrogens is 178 g/mol. The maximum Gasteiger partial charge on any atom is 0.172 e. The van der Waals surface area contributed by atoms with Gasteiger partial charge in [0.25, 0.3) is 0 Å². The van der Waals surface area contributed by atoms with Crippen LogP contribution in [0.25, 0.3) is 0 Å². The first-order chi connectivity index (χ1) is 6.47. The van der Waals surface area contributed by atoms with Gasteiger partial charge in [0.1, 0.15) is 0 Å². The average molecular weight is 203 g/mol. The lowest BCUT2D eigenvalue weighted by Crippen LogP contribution is -2.50. The summed E-state index contributed by atoms with van der Waals surface area (Å²) in [5.74, 6) is 0. The van der Waals surface area contributed by atoms with Gasteiger partial charge in [0.2, 0.25) is 0 Å². The zero-order chi connectivity index (χ0) is 11.2. The zero-order valence-electron chi connectivity index (χ0n) is 10.4. The average Bonchev–Trinajstić information content (AvgIpc) is 2.10. The fraction of sp³-hybridized carbons (Fsp3) is 1.00. The Kier molecular flexibility index (Phi) is 6.33. The zero-order valence-corrected chi connectivity index (χ0v) is 10.4. The van der Waals surface area contributed by atoms with Crippen LogP contribution in [0, 0.1) is 5.41 Å². The Hall–Kier alpha value is -0.120. The Morgan fingerprint density at radius 3 is 1.93 bits per heavy atom. The van der Waals surface area contributed by atoms with Crippen molar-refractivity contribution < 1.29 is 9.47 Å². The smallest absolute Gasteiger partial charge is 0.172 e. The minimum atomic E-state index is -0.179. The van der Waals surface area contributed by atoms with Gasteiger partial charge in [-0.3, -0.25) is 0 Å². The van der Waals surface area contributed by atoms with Crippen LogP contribution in [0.2, 0.25) is 0 Å². The second-order valence-corrected chi connectivity index (χ2v) is 4.64. The predicted octanol–water partition coefficient (Wildman–Crippen LogP) is 2.02. The van der Waals surface area contributed by atoms with Crippen LogP contribution in [0.5, 0.6) is 0 Å². The van der Waals surface area contributed by atoms with E-state index in [1.165, 1.54) is 0 Å². The SMILES string of the molecule is CCCNC(C(OC)OC)C(C)(C)C. The molecule has 0 aliphatic carbocycles. The van der Waals surface area contributed by atoms with Gasteiger partial charge in [-0.1, -0.05) is 27.7 Å². The van der Waals surface area contributed by atoms with E-state index in [9.17, 15) is 0 Å². The standard InChI is InChI=1S/C11H25NO2/c1-7-8-12-9(11(2,3)4)10(13-5)14-6/h9-10,12H,7-8H2,1-6H3. The Balaban J connectivity index is 4.37. The lowest BCUT2D eigenvalue weighted by molar-refractivity contribution is -0.141. The Morgan fingerprint density at radius 2 is 1.64 bits per heavy atom. The molecule has 0 saturated heterocycles. The van der Waals surface area contributed by atoms with Crippen molar-refractivity contribution in [2.75, 3.05) is 20.8 Å². The minimum Gasteiger partial charge on any atom is -0.354 e. The highest BCUT2D eigenvalue weighted by molar-refractivity contribution is 4.83. The van der Waals surface area contributed by atoms with Crippen LogP contribution >= 0.6 is 0 Å². The van der Waals surface area contributed by atoms with E-state index in [0.29, 0.717) is 0 Å². The molecule has 0 bridgehead atoms. The molecule has 0 aliphatic rings. The van der Waals surface area contributed by atoms with E-state index in [1.807, 2.05) is 0 Å². The molecule has 0 saturated carbocycles. The third-order valence-corrected chi connectivity index (χ3v) is 2.28. The molecule has 0 aromatic rings. The first-order valence-electron chi connectivity index (χ1n) is 5.26. The summed E-state index contributed by atoms with van der Waals surface area (Å²) < 4.78 is 10.6. The van der Waals surface area contributed by atoms with Gasteiger partial charge in [-0.15, -0.1) is 0 Å². The topological polar surface area (TPSA) is 30.5 Å². The molecule has 1 atom stereocenters. The first-order valence-corrected chi connectivity index (χ1v) is 5.26. The van der Waals surface area contributed by atoms with Crippen LogP contribution in [-0.2, 0) is 9.47 Å². The molecule has 0 aromatic carbocycles. The minimum absolute atomic E-state index is 0.131. The lowest BCUT2D eigenvalue weighted by Gasteiger charge is -2.36. The summed E-state index contributed by atoms with van der Waals surface area (Å²) in [5.41, 5.74) is 0.131. The molecule has 3 nitrogen and oxygen atoms in total. The number of methoxy groups -OCH3 is 2. The summed E-state index contributed by atoms with van der Waals surface area (Å²) in [6, 6.07) is 0.220. The highest BCUT2D eigenvalue weighted by atomic mass is 16.7. The molecule has 0 heterocycles. The quantitative estimate of drug-likeness (QED) is 0.670. The second kappa shape index (κ2) is 6.38. The highest BCUT2D eigenvalue weighted by Gasteiger charge is 2.31. The molecule has 0 rings (SSSR count). The van der Waals surface area contributed by atoms with E-state index in [-0.39, 0.29) is 17.7 Å². The molecule has 0 radical (unpaired) electrons. The summed E-state index contributed by atoms with van der Waals surface area (Å²) in [6.07, 6.45) is 0.939. The highest BCUT2D eigenvalue weighted by Crippen LogP contribution is 2.23. The van der Waals surface area contributed by atoms with E-state index < -0.39 is 0 Å². The van der Waals surface area contributed by atoms with Crippen LogP contribution in [0.4, 0.5) is 0 Å². The van der Waals surface area contributed by atoms with Crippen LogP contribution in [-0.4, -0.2) is 33.1 Å². The molecule has 86 valence electrons. The molecule has 0 aliphatic heterocycles. The molecule has 0 amide bonds. The van der Waals surface area contributed by atoms with E-state index in [4.69, 9.17) is 9.47 Å². The van der Waals surface area contributed by atoms with Crippen molar-refractivity contribution in [3.63, 3.8) is 0 Å². The molecule has 14 heavy (non-hydrogen) atoms.